The molecule has 1 atom stereocenters. The highest BCUT2D eigenvalue weighted by molar-refractivity contribution is 5.88. The van der Waals surface area contributed by atoms with E-state index >= 15 is 0 Å². The molecule has 0 aromatic heterocycles. The van der Waals surface area contributed by atoms with Crippen LogP contribution >= 0.6 is 0 Å². The van der Waals surface area contributed by atoms with E-state index in [1.807, 2.05) is 20.8 Å². The summed E-state index contributed by atoms with van der Waals surface area (Å²) in [6.07, 6.45) is 2.41. The highest BCUT2D eigenvalue weighted by atomic mass is 16.5. The predicted octanol–water partition coefficient (Wildman–Crippen LogP) is 2.70. The van der Waals surface area contributed by atoms with Crippen LogP contribution in [0.5, 0.6) is 0 Å². The maximum absolute atomic E-state index is 11.6. The normalized spacial score (nSPS) is 17.4. The number of ether oxygens (including phenoxy) is 1. The summed E-state index contributed by atoms with van der Waals surface area (Å²) in [4.78, 5) is 11.6. The Kier molecular flexibility index (Phi) is 3.54. The molecule has 0 aromatic carbocycles. The molecule has 1 fully saturated rings. The zero-order valence-electron chi connectivity index (χ0n) is 9.17. The first kappa shape index (κ1) is 11.1. The fourth-order valence-electron chi connectivity index (χ4n) is 1.41. The van der Waals surface area contributed by atoms with Crippen LogP contribution < -0.4 is 0 Å². The first-order chi connectivity index (χ1) is 6.56. The number of esters is 1. The first-order valence-electron chi connectivity index (χ1n) is 5.17. The number of rotatable bonds is 4. The number of hydrogen-bond acceptors (Lipinski definition) is 2. The summed E-state index contributed by atoms with van der Waals surface area (Å²) in [6, 6.07) is 0. The molecule has 0 bridgehead atoms. The van der Waals surface area contributed by atoms with Gasteiger partial charge in [-0.15, -0.1) is 5.73 Å². The molecule has 0 N–H and O–H groups in total. The topological polar surface area (TPSA) is 26.3 Å². The van der Waals surface area contributed by atoms with E-state index in [0.29, 0.717) is 11.5 Å². The van der Waals surface area contributed by atoms with Crippen molar-refractivity contribution in [1.82, 2.24) is 0 Å². The van der Waals surface area contributed by atoms with Gasteiger partial charge in [-0.3, -0.25) is 0 Å². The Morgan fingerprint density at radius 2 is 2.00 bits per heavy atom. The van der Waals surface area contributed by atoms with Crippen LogP contribution in [-0.4, -0.2) is 12.1 Å². The SMILES string of the molecule is C=C=C(C(=O)OC(C)C1CC1)C(C)C. The van der Waals surface area contributed by atoms with E-state index in [2.05, 4.69) is 12.3 Å². The van der Waals surface area contributed by atoms with Crippen LogP contribution in [0.1, 0.15) is 33.6 Å². The Hall–Kier alpha value is -1.01. The summed E-state index contributed by atoms with van der Waals surface area (Å²) in [5.74, 6) is 0.456. The highest BCUT2D eigenvalue weighted by Crippen LogP contribution is 2.34. The molecule has 1 aliphatic carbocycles. The lowest BCUT2D eigenvalue weighted by Gasteiger charge is -2.14. The predicted molar refractivity (Wildman–Crippen MR) is 55.8 cm³/mol. The van der Waals surface area contributed by atoms with Gasteiger partial charge in [0, 0.05) is 0 Å². The molecular formula is C12H18O2. The average Bonchev–Trinajstić information content (AvgIpc) is 2.85. The molecule has 0 heterocycles. The van der Waals surface area contributed by atoms with E-state index in [9.17, 15) is 4.79 Å². The molecule has 0 amide bonds. The molecular weight excluding hydrogens is 176 g/mol. The monoisotopic (exact) mass is 194 g/mol. The zero-order chi connectivity index (χ0) is 10.7. The van der Waals surface area contributed by atoms with Crippen molar-refractivity contribution in [3.05, 3.63) is 17.9 Å². The van der Waals surface area contributed by atoms with Crippen molar-refractivity contribution in [1.29, 1.82) is 0 Å². The van der Waals surface area contributed by atoms with Gasteiger partial charge in [0.2, 0.25) is 0 Å². The Labute approximate surface area is 85.6 Å². The van der Waals surface area contributed by atoms with Gasteiger partial charge < -0.3 is 4.74 Å². The van der Waals surface area contributed by atoms with Crippen molar-refractivity contribution in [3.8, 4) is 0 Å². The van der Waals surface area contributed by atoms with Gasteiger partial charge in [-0.1, -0.05) is 20.4 Å². The van der Waals surface area contributed by atoms with E-state index < -0.39 is 0 Å². The van der Waals surface area contributed by atoms with Crippen molar-refractivity contribution in [2.24, 2.45) is 11.8 Å². The molecule has 2 heteroatoms. The quantitative estimate of drug-likeness (QED) is 0.391. The molecule has 0 saturated heterocycles. The van der Waals surface area contributed by atoms with Crippen molar-refractivity contribution < 1.29 is 9.53 Å². The largest absolute Gasteiger partial charge is 0.459 e. The van der Waals surface area contributed by atoms with E-state index in [4.69, 9.17) is 4.74 Å². The van der Waals surface area contributed by atoms with Gasteiger partial charge in [0.05, 0.1) is 5.57 Å². The molecule has 14 heavy (non-hydrogen) atoms. The molecule has 1 rings (SSSR count). The van der Waals surface area contributed by atoms with Gasteiger partial charge in [0.25, 0.3) is 0 Å². The fraction of sp³-hybridized carbons (Fsp3) is 0.667. The number of carbonyl (C=O) groups excluding carboxylic acids is 1. The van der Waals surface area contributed by atoms with Crippen LogP contribution in [0.25, 0.3) is 0 Å². The maximum atomic E-state index is 11.6. The van der Waals surface area contributed by atoms with E-state index in [-0.39, 0.29) is 18.0 Å². The molecule has 0 spiro atoms. The lowest BCUT2D eigenvalue weighted by Crippen LogP contribution is -2.19. The van der Waals surface area contributed by atoms with Crippen molar-refractivity contribution >= 4 is 5.97 Å². The zero-order valence-corrected chi connectivity index (χ0v) is 9.17. The maximum Gasteiger partial charge on any atom is 0.342 e. The van der Waals surface area contributed by atoms with Crippen LogP contribution in [0.15, 0.2) is 17.9 Å². The van der Waals surface area contributed by atoms with Crippen LogP contribution in [-0.2, 0) is 9.53 Å². The van der Waals surface area contributed by atoms with Crippen molar-refractivity contribution in [2.45, 2.75) is 39.7 Å². The molecule has 1 unspecified atom stereocenters. The lowest BCUT2D eigenvalue weighted by molar-refractivity contribution is -0.144. The Morgan fingerprint density at radius 3 is 2.36 bits per heavy atom. The summed E-state index contributed by atoms with van der Waals surface area (Å²) < 4.78 is 5.31. The molecule has 0 aliphatic heterocycles. The van der Waals surface area contributed by atoms with Gasteiger partial charge in [-0.25, -0.2) is 4.79 Å². The van der Waals surface area contributed by atoms with Crippen LogP contribution in [0.3, 0.4) is 0 Å². The fourth-order valence-corrected chi connectivity index (χ4v) is 1.41. The molecule has 78 valence electrons. The summed E-state index contributed by atoms with van der Waals surface area (Å²) in [5.41, 5.74) is 3.21. The van der Waals surface area contributed by atoms with Crippen molar-refractivity contribution in [3.63, 3.8) is 0 Å². The molecule has 0 radical (unpaired) electrons. The van der Waals surface area contributed by atoms with Crippen LogP contribution in [0.4, 0.5) is 0 Å². The van der Waals surface area contributed by atoms with E-state index in [1.165, 1.54) is 12.8 Å². The minimum Gasteiger partial charge on any atom is -0.459 e. The molecule has 0 aromatic rings. The summed E-state index contributed by atoms with van der Waals surface area (Å²) >= 11 is 0. The summed E-state index contributed by atoms with van der Waals surface area (Å²) in [6.45, 7) is 9.35. The molecule has 2 nitrogen and oxygen atoms in total. The van der Waals surface area contributed by atoms with Crippen LogP contribution in [0, 0.1) is 11.8 Å². The van der Waals surface area contributed by atoms with E-state index in [1.54, 1.807) is 0 Å². The summed E-state index contributed by atoms with van der Waals surface area (Å²) in [7, 11) is 0. The van der Waals surface area contributed by atoms with E-state index in [0.717, 1.165) is 0 Å². The van der Waals surface area contributed by atoms with Gasteiger partial charge >= 0.3 is 5.97 Å². The van der Waals surface area contributed by atoms with Gasteiger partial charge in [-0.05, 0) is 31.6 Å². The molecule has 1 saturated carbocycles. The number of carbonyl (C=O) groups is 1. The minimum absolute atomic E-state index is 0.0459. The Bertz CT molecular complexity index is 268. The van der Waals surface area contributed by atoms with Crippen LogP contribution in [0.2, 0.25) is 0 Å². The third-order valence-electron chi connectivity index (χ3n) is 2.57. The Balaban J connectivity index is 2.51. The van der Waals surface area contributed by atoms with Gasteiger partial charge in [-0.2, -0.15) is 0 Å². The molecule has 1 aliphatic rings. The van der Waals surface area contributed by atoms with Gasteiger partial charge in [0.15, 0.2) is 0 Å². The minimum atomic E-state index is -0.255. The first-order valence-corrected chi connectivity index (χ1v) is 5.17. The van der Waals surface area contributed by atoms with Gasteiger partial charge in [0.1, 0.15) is 6.10 Å². The highest BCUT2D eigenvalue weighted by Gasteiger charge is 2.31. The third-order valence-corrected chi connectivity index (χ3v) is 2.57. The Morgan fingerprint density at radius 1 is 1.43 bits per heavy atom. The number of hydrogen-bond donors (Lipinski definition) is 0. The second kappa shape index (κ2) is 4.47. The lowest BCUT2D eigenvalue weighted by atomic mass is 10.1. The summed E-state index contributed by atoms with van der Waals surface area (Å²) in [5, 5.41) is 0. The smallest absolute Gasteiger partial charge is 0.342 e. The average molecular weight is 194 g/mol. The second-order valence-corrected chi connectivity index (χ2v) is 4.19. The second-order valence-electron chi connectivity index (χ2n) is 4.19. The third kappa shape index (κ3) is 2.74. The van der Waals surface area contributed by atoms with Crippen molar-refractivity contribution in [2.75, 3.05) is 0 Å². The standard InChI is InChI=1S/C12H18O2/c1-5-11(8(2)3)12(13)14-9(4)10-6-7-10/h8-10H,1,6-7H2,2-4H3.